The van der Waals surface area contributed by atoms with Gasteiger partial charge in [0, 0.05) is 37.4 Å². The number of nitrogens with zero attached hydrogens (tertiary/aromatic N) is 3. The number of rotatable bonds is 12. The van der Waals surface area contributed by atoms with E-state index in [-0.39, 0.29) is 29.8 Å². The lowest BCUT2D eigenvalue weighted by Crippen LogP contribution is -2.47. The van der Waals surface area contributed by atoms with E-state index in [2.05, 4.69) is 65.2 Å². The van der Waals surface area contributed by atoms with Gasteiger partial charge in [-0.25, -0.2) is 0 Å². The minimum absolute atomic E-state index is 0.00334. The Morgan fingerprint density at radius 2 is 1.77 bits per heavy atom. The molecule has 1 aromatic heterocycles. The first-order chi connectivity index (χ1) is 16.4. The summed E-state index contributed by atoms with van der Waals surface area (Å²) in [5.74, 6) is 1.17. The third-order valence-electron chi connectivity index (χ3n) is 6.13. The van der Waals surface area contributed by atoms with Crippen molar-refractivity contribution in [1.82, 2.24) is 14.4 Å². The van der Waals surface area contributed by atoms with Crippen LogP contribution >= 0.6 is 0 Å². The van der Waals surface area contributed by atoms with Crippen molar-refractivity contribution in [2.45, 2.75) is 80.4 Å². The number of hydrogen-bond donors (Lipinski definition) is 0. The summed E-state index contributed by atoms with van der Waals surface area (Å²) in [6.45, 7) is 16.4. The van der Waals surface area contributed by atoms with E-state index in [1.165, 1.54) is 0 Å². The van der Waals surface area contributed by atoms with E-state index in [4.69, 9.17) is 4.74 Å². The molecule has 0 bridgehead atoms. The minimum atomic E-state index is -0.118. The van der Waals surface area contributed by atoms with Crippen molar-refractivity contribution >= 4 is 11.8 Å². The summed E-state index contributed by atoms with van der Waals surface area (Å²) in [6.07, 6.45) is 3.33. The van der Waals surface area contributed by atoms with Crippen LogP contribution in [0.3, 0.4) is 0 Å². The molecule has 194 valence electrons. The monoisotopic (exact) mass is 483 g/mol. The lowest BCUT2D eigenvalue weighted by molar-refractivity contribution is -0.143. The molecular formula is C29H45N3O3. The Balaban J connectivity index is 2.21. The summed E-state index contributed by atoms with van der Waals surface area (Å²) in [5, 5.41) is 0. The SMILES string of the molecule is CCC(C)N(Cc1cccn1Cc1cccc(OC)c1)C(=O)CN(CC(C)C)C(=O)CC(C)(C)C. The van der Waals surface area contributed by atoms with Gasteiger partial charge in [-0.05, 0) is 54.5 Å². The molecule has 0 radical (unpaired) electrons. The fraction of sp³-hybridized carbons (Fsp3) is 0.586. The van der Waals surface area contributed by atoms with Crippen LogP contribution in [0.2, 0.25) is 0 Å². The zero-order valence-electron chi connectivity index (χ0n) is 23.0. The van der Waals surface area contributed by atoms with Crippen LogP contribution in [0.5, 0.6) is 5.75 Å². The molecule has 35 heavy (non-hydrogen) atoms. The highest BCUT2D eigenvalue weighted by Crippen LogP contribution is 2.21. The second-order valence-electron chi connectivity index (χ2n) is 11.2. The Morgan fingerprint density at radius 3 is 2.37 bits per heavy atom. The minimum Gasteiger partial charge on any atom is -0.497 e. The molecule has 0 N–H and O–H groups in total. The number of hydrogen-bond acceptors (Lipinski definition) is 3. The van der Waals surface area contributed by atoms with Crippen LogP contribution in [0.1, 0.15) is 72.6 Å². The topological polar surface area (TPSA) is 54.8 Å². The van der Waals surface area contributed by atoms with Crippen LogP contribution in [-0.2, 0) is 22.7 Å². The number of aromatic nitrogens is 1. The van der Waals surface area contributed by atoms with Gasteiger partial charge in [0.2, 0.25) is 11.8 Å². The predicted molar refractivity (Wildman–Crippen MR) is 142 cm³/mol. The summed E-state index contributed by atoms with van der Waals surface area (Å²) in [6, 6.07) is 12.2. The molecule has 1 unspecified atom stereocenters. The van der Waals surface area contributed by atoms with Crippen LogP contribution in [0, 0.1) is 11.3 Å². The molecule has 0 saturated carbocycles. The van der Waals surface area contributed by atoms with E-state index in [9.17, 15) is 9.59 Å². The molecule has 2 aromatic rings. The number of ether oxygens (including phenoxy) is 1. The van der Waals surface area contributed by atoms with Crippen molar-refractivity contribution in [2.75, 3.05) is 20.2 Å². The number of benzene rings is 1. The molecule has 0 fully saturated rings. The van der Waals surface area contributed by atoms with E-state index in [1.807, 2.05) is 35.4 Å². The number of carbonyl (C=O) groups is 2. The van der Waals surface area contributed by atoms with Gasteiger partial charge in [-0.3, -0.25) is 9.59 Å². The third-order valence-corrected chi connectivity index (χ3v) is 6.13. The first-order valence-electron chi connectivity index (χ1n) is 12.8. The van der Waals surface area contributed by atoms with E-state index < -0.39 is 0 Å². The molecule has 1 atom stereocenters. The van der Waals surface area contributed by atoms with Crippen molar-refractivity contribution in [3.8, 4) is 5.75 Å². The molecule has 6 nitrogen and oxygen atoms in total. The van der Waals surface area contributed by atoms with Gasteiger partial charge in [0.25, 0.3) is 0 Å². The zero-order chi connectivity index (χ0) is 26.2. The van der Waals surface area contributed by atoms with Crippen molar-refractivity contribution in [1.29, 1.82) is 0 Å². The van der Waals surface area contributed by atoms with Gasteiger partial charge < -0.3 is 19.1 Å². The van der Waals surface area contributed by atoms with Gasteiger partial charge in [-0.2, -0.15) is 0 Å². The molecule has 0 saturated heterocycles. The third kappa shape index (κ3) is 9.08. The van der Waals surface area contributed by atoms with Crippen LogP contribution < -0.4 is 4.74 Å². The highest BCUT2D eigenvalue weighted by atomic mass is 16.5. The molecule has 0 aliphatic carbocycles. The van der Waals surface area contributed by atoms with Crippen molar-refractivity contribution in [2.24, 2.45) is 11.3 Å². The Kier molecular flexibility index (Phi) is 10.4. The Morgan fingerprint density at radius 1 is 1.06 bits per heavy atom. The van der Waals surface area contributed by atoms with E-state index in [0.29, 0.717) is 32.0 Å². The summed E-state index contributed by atoms with van der Waals surface area (Å²) in [4.78, 5) is 30.3. The largest absolute Gasteiger partial charge is 0.497 e. The summed E-state index contributed by atoms with van der Waals surface area (Å²) in [5.41, 5.74) is 2.09. The molecule has 1 aromatic carbocycles. The number of amides is 2. The fourth-order valence-corrected chi connectivity index (χ4v) is 4.11. The van der Waals surface area contributed by atoms with E-state index in [0.717, 1.165) is 23.4 Å². The van der Waals surface area contributed by atoms with E-state index >= 15 is 0 Å². The molecule has 0 spiro atoms. The first-order valence-corrected chi connectivity index (χ1v) is 12.8. The van der Waals surface area contributed by atoms with Crippen molar-refractivity contribution < 1.29 is 14.3 Å². The maximum atomic E-state index is 13.6. The molecule has 1 heterocycles. The van der Waals surface area contributed by atoms with Gasteiger partial charge in [-0.1, -0.05) is 53.7 Å². The average Bonchev–Trinajstić information content (AvgIpc) is 3.21. The standard InChI is InChI=1S/C29H45N3O3/c1-9-23(4)32(28(34)21-31(18-22(2)3)27(33)17-29(5,6)7)20-25-13-11-15-30(25)19-24-12-10-14-26(16-24)35-8/h10-16,22-23H,9,17-21H2,1-8H3. The van der Waals surface area contributed by atoms with Gasteiger partial charge in [0.1, 0.15) is 5.75 Å². The van der Waals surface area contributed by atoms with Crippen molar-refractivity contribution in [3.05, 3.63) is 53.9 Å². The quantitative estimate of drug-likeness (QED) is 0.395. The lowest BCUT2D eigenvalue weighted by atomic mass is 9.91. The Labute approximate surface area is 212 Å². The second-order valence-corrected chi connectivity index (χ2v) is 11.2. The summed E-state index contributed by atoms with van der Waals surface area (Å²) < 4.78 is 7.54. The van der Waals surface area contributed by atoms with Gasteiger partial charge in [-0.15, -0.1) is 0 Å². The van der Waals surface area contributed by atoms with Crippen LogP contribution in [0.15, 0.2) is 42.6 Å². The van der Waals surface area contributed by atoms with Crippen LogP contribution in [0.4, 0.5) is 0 Å². The summed E-state index contributed by atoms with van der Waals surface area (Å²) in [7, 11) is 1.67. The van der Waals surface area contributed by atoms with Crippen LogP contribution in [0.25, 0.3) is 0 Å². The molecule has 0 aliphatic heterocycles. The van der Waals surface area contributed by atoms with E-state index in [1.54, 1.807) is 12.0 Å². The fourth-order valence-electron chi connectivity index (χ4n) is 4.11. The van der Waals surface area contributed by atoms with Crippen LogP contribution in [-0.4, -0.2) is 52.4 Å². The second kappa shape index (κ2) is 12.8. The first kappa shape index (κ1) is 28.5. The maximum absolute atomic E-state index is 13.6. The number of methoxy groups -OCH3 is 1. The lowest BCUT2D eigenvalue weighted by Gasteiger charge is -2.33. The highest BCUT2D eigenvalue weighted by molar-refractivity contribution is 5.85. The molecule has 2 rings (SSSR count). The normalized spacial score (nSPS) is 12.5. The van der Waals surface area contributed by atoms with Gasteiger partial charge >= 0.3 is 0 Å². The average molecular weight is 484 g/mol. The highest BCUT2D eigenvalue weighted by Gasteiger charge is 2.27. The van der Waals surface area contributed by atoms with Crippen molar-refractivity contribution in [3.63, 3.8) is 0 Å². The molecule has 2 amide bonds. The van der Waals surface area contributed by atoms with Gasteiger partial charge in [0.05, 0.1) is 20.2 Å². The smallest absolute Gasteiger partial charge is 0.242 e. The number of carbonyl (C=O) groups excluding carboxylic acids is 2. The molecule has 6 heteroatoms. The molecular weight excluding hydrogens is 438 g/mol. The maximum Gasteiger partial charge on any atom is 0.242 e. The Hall–Kier alpha value is -2.76. The Bertz CT molecular complexity index is 958. The van der Waals surface area contributed by atoms with Gasteiger partial charge in [0.15, 0.2) is 0 Å². The molecule has 0 aliphatic rings. The predicted octanol–water partition coefficient (Wildman–Crippen LogP) is 5.59. The zero-order valence-corrected chi connectivity index (χ0v) is 23.0. The summed E-state index contributed by atoms with van der Waals surface area (Å²) >= 11 is 0.